The predicted molar refractivity (Wildman–Crippen MR) is 87.6 cm³/mol. The minimum Gasteiger partial charge on any atom is -0.482 e. The molecule has 0 N–H and O–H groups in total. The summed E-state index contributed by atoms with van der Waals surface area (Å²) in [5, 5.41) is 7.79. The zero-order chi connectivity index (χ0) is 17.0. The van der Waals surface area contributed by atoms with Crippen molar-refractivity contribution in [2.75, 3.05) is 13.1 Å². The predicted octanol–water partition coefficient (Wildman–Crippen LogP) is 1.59. The van der Waals surface area contributed by atoms with Crippen molar-refractivity contribution in [2.45, 2.75) is 12.0 Å². The summed E-state index contributed by atoms with van der Waals surface area (Å²) >= 11 is 0. The van der Waals surface area contributed by atoms with Crippen LogP contribution in [0.2, 0.25) is 0 Å². The van der Waals surface area contributed by atoms with E-state index in [4.69, 9.17) is 4.74 Å². The Morgan fingerprint density at radius 2 is 1.96 bits per heavy atom. The summed E-state index contributed by atoms with van der Waals surface area (Å²) < 4.78 is 7.73. The van der Waals surface area contributed by atoms with E-state index >= 15 is 0 Å². The van der Waals surface area contributed by atoms with E-state index in [0.717, 1.165) is 0 Å². The minimum absolute atomic E-state index is 0.0647. The van der Waals surface area contributed by atoms with E-state index in [1.807, 2.05) is 12.1 Å². The maximum atomic E-state index is 12.8. The number of rotatable bonds is 1. The maximum Gasteiger partial charge on any atom is 0.271 e. The van der Waals surface area contributed by atoms with Crippen molar-refractivity contribution in [3.63, 3.8) is 0 Å². The molecule has 7 nitrogen and oxygen atoms in total. The van der Waals surface area contributed by atoms with Gasteiger partial charge in [0.25, 0.3) is 5.91 Å². The average molecular weight is 334 g/mol. The Balaban J connectivity index is 1.39. The molecule has 0 radical (unpaired) electrons. The molecular formula is C18H14N4O3. The van der Waals surface area contributed by atoms with Gasteiger partial charge in [-0.25, -0.2) is 0 Å². The molecule has 2 aliphatic rings. The first-order valence-corrected chi connectivity index (χ1v) is 8.05. The molecule has 7 heteroatoms. The smallest absolute Gasteiger partial charge is 0.271 e. The SMILES string of the molecule is O=C1CC2(CN(C(=O)c3cccc4nncn34)C2)Oc2ccccc21. The van der Waals surface area contributed by atoms with Crippen LogP contribution < -0.4 is 4.74 Å². The largest absolute Gasteiger partial charge is 0.482 e. The summed E-state index contributed by atoms with van der Waals surface area (Å²) in [7, 11) is 0. The Hall–Kier alpha value is -3.22. The molecule has 4 heterocycles. The van der Waals surface area contributed by atoms with Crippen molar-refractivity contribution >= 4 is 17.3 Å². The summed E-state index contributed by atoms with van der Waals surface area (Å²) in [5.41, 5.74) is 1.13. The molecule has 2 aliphatic heterocycles. The zero-order valence-electron chi connectivity index (χ0n) is 13.3. The Morgan fingerprint density at radius 1 is 1.12 bits per heavy atom. The highest BCUT2D eigenvalue weighted by atomic mass is 16.5. The van der Waals surface area contributed by atoms with Crippen LogP contribution in [0.3, 0.4) is 0 Å². The molecule has 1 aromatic carbocycles. The molecule has 2 aromatic heterocycles. The number of likely N-dealkylation sites (tertiary alicyclic amines) is 1. The van der Waals surface area contributed by atoms with Crippen molar-refractivity contribution in [3.8, 4) is 5.75 Å². The number of pyridine rings is 1. The number of aromatic nitrogens is 3. The molecule has 3 aromatic rings. The number of hydrogen-bond donors (Lipinski definition) is 0. The first kappa shape index (κ1) is 14.2. The van der Waals surface area contributed by atoms with E-state index in [9.17, 15) is 9.59 Å². The van der Waals surface area contributed by atoms with Crippen molar-refractivity contribution in [3.05, 3.63) is 60.0 Å². The number of benzene rings is 1. The van der Waals surface area contributed by atoms with E-state index in [1.54, 1.807) is 39.6 Å². The first-order chi connectivity index (χ1) is 12.2. The second kappa shape index (κ2) is 4.89. The molecule has 1 spiro atoms. The number of carbonyl (C=O) groups is 2. The molecule has 0 aliphatic carbocycles. The van der Waals surface area contributed by atoms with Crippen LogP contribution >= 0.6 is 0 Å². The van der Waals surface area contributed by atoms with Gasteiger partial charge in [0.05, 0.1) is 25.1 Å². The van der Waals surface area contributed by atoms with Gasteiger partial charge in [0.2, 0.25) is 0 Å². The molecule has 0 atom stereocenters. The highest BCUT2D eigenvalue weighted by molar-refractivity contribution is 6.01. The number of ketones is 1. The quantitative estimate of drug-likeness (QED) is 0.675. The lowest BCUT2D eigenvalue weighted by molar-refractivity contribution is -0.0658. The zero-order valence-corrected chi connectivity index (χ0v) is 13.3. The standard InChI is InChI=1S/C18H14N4O3/c23-14-8-18(25-15-6-2-1-4-12(14)15)9-21(10-18)17(24)13-5-3-7-16-20-19-11-22(13)16/h1-7,11H,8-10H2. The second-order valence-corrected chi connectivity index (χ2v) is 6.51. The van der Waals surface area contributed by atoms with E-state index < -0.39 is 5.60 Å². The number of hydrogen-bond acceptors (Lipinski definition) is 5. The fourth-order valence-electron chi connectivity index (χ4n) is 3.60. The molecule has 0 unspecified atom stereocenters. The Morgan fingerprint density at radius 3 is 2.84 bits per heavy atom. The van der Waals surface area contributed by atoms with E-state index in [-0.39, 0.29) is 11.7 Å². The van der Waals surface area contributed by atoms with Crippen LogP contribution in [0, 0.1) is 0 Å². The van der Waals surface area contributed by atoms with Crippen LogP contribution in [-0.4, -0.2) is 49.9 Å². The second-order valence-electron chi connectivity index (χ2n) is 6.51. The van der Waals surface area contributed by atoms with E-state index in [0.29, 0.717) is 42.2 Å². The summed E-state index contributed by atoms with van der Waals surface area (Å²) in [5.74, 6) is 0.549. The highest BCUT2D eigenvalue weighted by Gasteiger charge is 2.51. The summed E-state index contributed by atoms with van der Waals surface area (Å²) in [6.45, 7) is 0.787. The lowest BCUT2D eigenvalue weighted by Crippen LogP contribution is -2.68. The fraction of sp³-hybridized carbons (Fsp3) is 0.222. The van der Waals surface area contributed by atoms with Gasteiger partial charge in [0.1, 0.15) is 17.8 Å². The van der Waals surface area contributed by atoms with E-state index in [2.05, 4.69) is 10.2 Å². The molecular weight excluding hydrogens is 320 g/mol. The van der Waals surface area contributed by atoms with Crippen LogP contribution in [-0.2, 0) is 0 Å². The van der Waals surface area contributed by atoms with Gasteiger partial charge in [0, 0.05) is 0 Å². The number of ether oxygens (including phenoxy) is 1. The van der Waals surface area contributed by atoms with E-state index in [1.165, 1.54) is 6.33 Å². The van der Waals surface area contributed by atoms with Gasteiger partial charge in [-0.1, -0.05) is 18.2 Å². The highest BCUT2D eigenvalue weighted by Crippen LogP contribution is 2.39. The summed E-state index contributed by atoms with van der Waals surface area (Å²) in [4.78, 5) is 26.9. The van der Waals surface area contributed by atoms with Crippen molar-refractivity contribution < 1.29 is 14.3 Å². The van der Waals surface area contributed by atoms with Crippen LogP contribution in [0.25, 0.3) is 5.65 Å². The van der Waals surface area contributed by atoms with Crippen LogP contribution in [0.15, 0.2) is 48.8 Å². The molecule has 5 rings (SSSR count). The van der Waals surface area contributed by atoms with Crippen molar-refractivity contribution in [1.82, 2.24) is 19.5 Å². The lowest BCUT2D eigenvalue weighted by atomic mass is 9.83. The molecule has 1 fully saturated rings. The minimum atomic E-state index is -0.609. The molecule has 1 saturated heterocycles. The Bertz CT molecular complexity index is 1020. The molecule has 1 amide bonds. The van der Waals surface area contributed by atoms with Crippen LogP contribution in [0.5, 0.6) is 5.75 Å². The van der Waals surface area contributed by atoms with Gasteiger partial charge >= 0.3 is 0 Å². The average Bonchev–Trinajstić information content (AvgIpc) is 3.07. The third kappa shape index (κ3) is 2.05. The van der Waals surface area contributed by atoms with Crippen LogP contribution in [0.1, 0.15) is 27.3 Å². The molecule has 25 heavy (non-hydrogen) atoms. The number of amides is 1. The van der Waals surface area contributed by atoms with Gasteiger partial charge in [0.15, 0.2) is 17.0 Å². The van der Waals surface area contributed by atoms with Gasteiger partial charge in [-0.05, 0) is 24.3 Å². The number of fused-ring (bicyclic) bond motifs is 2. The van der Waals surface area contributed by atoms with Gasteiger partial charge < -0.3 is 9.64 Å². The number of nitrogens with zero attached hydrogens (tertiary/aromatic N) is 4. The molecule has 0 bridgehead atoms. The lowest BCUT2D eigenvalue weighted by Gasteiger charge is -2.51. The number of Topliss-reactive ketones (excluding diaryl/α,β-unsaturated/α-hetero) is 1. The fourth-order valence-corrected chi connectivity index (χ4v) is 3.60. The summed E-state index contributed by atoms with van der Waals surface area (Å²) in [6, 6.07) is 12.6. The van der Waals surface area contributed by atoms with Gasteiger partial charge in [-0.2, -0.15) is 0 Å². The van der Waals surface area contributed by atoms with Crippen molar-refractivity contribution in [2.24, 2.45) is 0 Å². The topological polar surface area (TPSA) is 76.8 Å². The Labute approximate surface area is 142 Å². The maximum absolute atomic E-state index is 12.8. The number of carbonyl (C=O) groups excluding carboxylic acids is 2. The number of para-hydroxylation sites is 1. The molecule has 124 valence electrons. The van der Waals surface area contributed by atoms with Crippen LogP contribution in [0.4, 0.5) is 0 Å². The monoisotopic (exact) mass is 334 g/mol. The van der Waals surface area contributed by atoms with Gasteiger partial charge in [-0.15, -0.1) is 10.2 Å². The molecule has 0 saturated carbocycles. The van der Waals surface area contributed by atoms with Crippen molar-refractivity contribution in [1.29, 1.82) is 0 Å². The third-order valence-corrected chi connectivity index (χ3v) is 4.79. The Kier molecular flexibility index (Phi) is 2.77. The first-order valence-electron chi connectivity index (χ1n) is 8.05. The third-order valence-electron chi connectivity index (χ3n) is 4.79. The normalized spacial score (nSPS) is 17.9. The summed E-state index contributed by atoms with van der Waals surface area (Å²) in [6.07, 6.45) is 1.82. The van der Waals surface area contributed by atoms with Gasteiger partial charge in [-0.3, -0.25) is 14.0 Å².